The first-order chi connectivity index (χ1) is 14.0. The topological polar surface area (TPSA) is 86.9 Å². The average Bonchev–Trinajstić information content (AvgIpc) is 3.28. The van der Waals surface area contributed by atoms with E-state index in [9.17, 15) is 14.0 Å². The van der Waals surface area contributed by atoms with Gasteiger partial charge in [-0.2, -0.15) is 5.10 Å². The molecule has 0 aliphatic heterocycles. The average molecular weight is 408 g/mol. The third-order valence-electron chi connectivity index (χ3n) is 4.35. The predicted molar refractivity (Wildman–Crippen MR) is 112 cm³/mol. The fourth-order valence-corrected chi connectivity index (χ4v) is 3.74. The van der Waals surface area contributed by atoms with Gasteiger partial charge < -0.3 is 10.6 Å². The number of anilines is 2. The fourth-order valence-electron chi connectivity index (χ4n) is 2.84. The van der Waals surface area contributed by atoms with Gasteiger partial charge in [0.05, 0.1) is 22.4 Å². The molecule has 0 aliphatic rings. The Balaban J connectivity index is 1.48. The van der Waals surface area contributed by atoms with Gasteiger partial charge >= 0.3 is 0 Å². The molecule has 0 radical (unpaired) electrons. The Hall–Kier alpha value is -3.52. The number of rotatable bonds is 5. The zero-order chi connectivity index (χ0) is 20.4. The van der Waals surface area contributed by atoms with E-state index in [-0.39, 0.29) is 18.0 Å². The Morgan fingerprint density at radius 3 is 2.62 bits per heavy atom. The van der Waals surface area contributed by atoms with Crippen LogP contribution in [0.1, 0.15) is 20.8 Å². The normalized spacial score (nSPS) is 10.8. The number of nitrogens with zero attached hydrogens (tertiary/aromatic N) is 1. The van der Waals surface area contributed by atoms with Crippen LogP contribution in [-0.2, 0) is 11.2 Å². The lowest BCUT2D eigenvalue weighted by molar-refractivity contribution is -0.115. The van der Waals surface area contributed by atoms with Crippen molar-refractivity contribution in [3.63, 3.8) is 0 Å². The first-order valence-corrected chi connectivity index (χ1v) is 9.70. The summed E-state index contributed by atoms with van der Waals surface area (Å²) in [5.74, 6) is -0.778. The van der Waals surface area contributed by atoms with Crippen molar-refractivity contribution in [1.82, 2.24) is 10.2 Å². The van der Waals surface area contributed by atoms with E-state index in [1.165, 1.54) is 23.5 Å². The first kappa shape index (κ1) is 18.8. The van der Waals surface area contributed by atoms with Crippen molar-refractivity contribution < 1.29 is 14.0 Å². The Labute approximate surface area is 169 Å². The summed E-state index contributed by atoms with van der Waals surface area (Å²) in [7, 11) is 0. The number of hydrogen-bond acceptors (Lipinski definition) is 4. The molecule has 0 unspecified atom stereocenters. The van der Waals surface area contributed by atoms with E-state index in [0.717, 1.165) is 11.1 Å². The third kappa shape index (κ3) is 4.17. The van der Waals surface area contributed by atoms with Crippen LogP contribution in [-0.4, -0.2) is 22.0 Å². The van der Waals surface area contributed by atoms with Crippen LogP contribution in [0.3, 0.4) is 0 Å². The molecule has 0 atom stereocenters. The van der Waals surface area contributed by atoms with E-state index < -0.39 is 11.7 Å². The van der Waals surface area contributed by atoms with Crippen molar-refractivity contribution >= 4 is 44.9 Å². The van der Waals surface area contributed by atoms with Crippen LogP contribution in [0.5, 0.6) is 0 Å². The highest BCUT2D eigenvalue weighted by atomic mass is 32.1. The van der Waals surface area contributed by atoms with E-state index in [4.69, 9.17) is 0 Å². The largest absolute Gasteiger partial charge is 0.319 e. The molecule has 4 rings (SSSR count). The molecular weight excluding hydrogens is 391 g/mol. The number of H-pyrrole nitrogens is 1. The van der Waals surface area contributed by atoms with Crippen molar-refractivity contribution in [1.29, 1.82) is 0 Å². The number of aryl methyl sites for hydroxylation is 1. The van der Waals surface area contributed by atoms with Crippen LogP contribution in [0.15, 0.2) is 54.6 Å². The Morgan fingerprint density at radius 1 is 1.10 bits per heavy atom. The molecule has 2 aromatic heterocycles. The zero-order valence-electron chi connectivity index (χ0n) is 15.5. The quantitative estimate of drug-likeness (QED) is 0.454. The molecule has 2 amide bonds. The van der Waals surface area contributed by atoms with Crippen molar-refractivity contribution in [3.8, 4) is 0 Å². The zero-order valence-corrected chi connectivity index (χ0v) is 16.3. The second-order valence-electron chi connectivity index (χ2n) is 6.57. The van der Waals surface area contributed by atoms with Crippen molar-refractivity contribution in [2.24, 2.45) is 0 Å². The number of halogens is 1. The van der Waals surface area contributed by atoms with Crippen LogP contribution < -0.4 is 10.6 Å². The van der Waals surface area contributed by atoms with Crippen molar-refractivity contribution in [2.45, 2.75) is 13.3 Å². The molecule has 8 heteroatoms. The lowest BCUT2D eigenvalue weighted by Crippen LogP contribution is -2.15. The van der Waals surface area contributed by atoms with Gasteiger partial charge in [0.2, 0.25) is 5.91 Å². The van der Waals surface area contributed by atoms with Gasteiger partial charge in [0, 0.05) is 0 Å². The van der Waals surface area contributed by atoms with E-state index in [1.54, 1.807) is 18.2 Å². The third-order valence-corrected chi connectivity index (χ3v) is 5.38. The highest BCUT2D eigenvalue weighted by Gasteiger charge is 2.17. The lowest BCUT2D eigenvalue weighted by Gasteiger charge is -2.04. The van der Waals surface area contributed by atoms with Gasteiger partial charge in [-0.15, -0.1) is 11.3 Å². The van der Waals surface area contributed by atoms with E-state index in [1.807, 2.05) is 31.2 Å². The summed E-state index contributed by atoms with van der Waals surface area (Å²) in [5, 5.41) is 12.9. The summed E-state index contributed by atoms with van der Waals surface area (Å²) in [5.41, 5.74) is 2.14. The number of nitrogens with one attached hydrogen (secondary N) is 3. The smallest absolute Gasteiger partial charge is 0.265 e. The number of aromatic nitrogens is 2. The van der Waals surface area contributed by atoms with Gasteiger partial charge in [0.15, 0.2) is 5.82 Å². The highest BCUT2D eigenvalue weighted by Crippen LogP contribution is 2.30. The number of benzene rings is 2. The molecule has 0 saturated carbocycles. The number of fused-ring (bicyclic) bond motifs is 1. The second-order valence-corrected chi connectivity index (χ2v) is 7.62. The molecule has 0 saturated heterocycles. The summed E-state index contributed by atoms with van der Waals surface area (Å²) in [6.45, 7) is 1.99. The van der Waals surface area contributed by atoms with Crippen LogP contribution in [0, 0.1) is 12.7 Å². The van der Waals surface area contributed by atoms with Gasteiger partial charge in [0.1, 0.15) is 10.6 Å². The molecule has 4 aromatic rings. The van der Waals surface area contributed by atoms with Crippen molar-refractivity contribution in [3.05, 3.63) is 76.4 Å². The Bertz CT molecular complexity index is 1200. The second kappa shape index (κ2) is 7.84. The molecular formula is C21H17FN4O2S. The van der Waals surface area contributed by atoms with Gasteiger partial charge in [0.25, 0.3) is 5.91 Å². The number of aromatic amines is 1. The summed E-state index contributed by atoms with van der Waals surface area (Å²) < 4.78 is 13.7. The maximum atomic E-state index is 13.7. The Morgan fingerprint density at radius 2 is 1.86 bits per heavy atom. The minimum atomic E-state index is -0.506. The molecule has 6 nitrogen and oxygen atoms in total. The molecule has 0 bridgehead atoms. The molecule has 2 heterocycles. The summed E-state index contributed by atoms with van der Waals surface area (Å²) in [6, 6.07) is 15.3. The Kier molecular flexibility index (Phi) is 5.09. The minimum Gasteiger partial charge on any atom is -0.319 e. The SMILES string of the molecule is Cc1ccc(CC(=O)Nc2n[nH]c3sc(C(=O)Nc4ccccc4F)cc23)cc1. The van der Waals surface area contributed by atoms with Gasteiger partial charge in [-0.05, 0) is 30.7 Å². The number of para-hydroxylation sites is 1. The number of carbonyl (C=O) groups is 2. The molecule has 0 fully saturated rings. The van der Waals surface area contributed by atoms with Gasteiger partial charge in [-0.25, -0.2) is 4.39 Å². The number of amides is 2. The maximum absolute atomic E-state index is 13.7. The van der Waals surface area contributed by atoms with Gasteiger partial charge in [-0.1, -0.05) is 42.0 Å². The van der Waals surface area contributed by atoms with Crippen LogP contribution in [0.2, 0.25) is 0 Å². The first-order valence-electron chi connectivity index (χ1n) is 8.89. The molecule has 2 aromatic carbocycles. The summed E-state index contributed by atoms with van der Waals surface area (Å²) in [4.78, 5) is 25.8. The fraction of sp³-hybridized carbons (Fsp3) is 0.0952. The van der Waals surface area contributed by atoms with Crippen molar-refractivity contribution in [2.75, 3.05) is 10.6 Å². The van der Waals surface area contributed by atoms with Crippen LogP contribution >= 0.6 is 11.3 Å². The predicted octanol–water partition coefficient (Wildman–Crippen LogP) is 4.51. The lowest BCUT2D eigenvalue weighted by atomic mass is 10.1. The number of carbonyl (C=O) groups excluding carboxylic acids is 2. The molecule has 146 valence electrons. The van der Waals surface area contributed by atoms with Crippen LogP contribution in [0.4, 0.5) is 15.9 Å². The maximum Gasteiger partial charge on any atom is 0.265 e. The van der Waals surface area contributed by atoms with E-state index in [2.05, 4.69) is 20.8 Å². The summed E-state index contributed by atoms with van der Waals surface area (Å²) >= 11 is 1.18. The standard InChI is InChI=1S/C21H17FN4O2S/c1-12-6-8-13(9-7-12)10-18(27)24-19-14-11-17(29-21(14)26-25-19)20(28)23-16-5-3-2-4-15(16)22/h2-9,11H,10H2,1H3,(H,23,28)(H2,24,25,26,27). The minimum absolute atomic E-state index is 0.110. The number of hydrogen-bond donors (Lipinski definition) is 3. The van der Waals surface area contributed by atoms with E-state index in [0.29, 0.717) is 20.9 Å². The molecule has 29 heavy (non-hydrogen) atoms. The number of thiophene rings is 1. The van der Waals surface area contributed by atoms with Crippen LogP contribution in [0.25, 0.3) is 10.2 Å². The molecule has 0 aliphatic carbocycles. The highest BCUT2D eigenvalue weighted by molar-refractivity contribution is 7.20. The van der Waals surface area contributed by atoms with Gasteiger partial charge in [-0.3, -0.25) is 14.7 Å². The summed E-state index contributed by atoms with van der Waals surface area (Å²) in [6.07, 6.45) is 0.222. The monoisotopic (exact) mass is 408 g/mol. The molecule has 3 N–H and O–H groups in total. The van der Waals surface area contributed by atoms with E-state index >= 15 is 0 Å². The molecule has 0 spiro atoms.